The third-order valence-corrected chi connectivity index (χ3v) is 4.78. The van der Waals surface area contributed by atoms with Crippen molar-refractivity contribution < 1.29 is 4.79 Å². The maximum Gasteiger partial charge on any atom is 0.262 e. The molecule has 0 aliphatic heterocycles. The predicted molar refractivity (Wildman–Crippen MR) is 105 cm³/mol. The lowest BCUT2D eigenvalue weighted by atomic mass is 10.2. The molecule has 1 amide bonds. The van der Waals surface area contributed by atoms with Gasteiger partial charge < -0.3 is 5.32 Å². The molecule has 1 N–H and O–H groups in total. The number of fused-ring (bicyclic) bond motifs is 1. The van der Waals surface area contributed by atoms with Crippen molar-refractivity contribution in [3.05, 3.63) is 83.2 Å². The smallest absolute Gasteiger partial charge is 0.262 e. The number of amides is 1. The molecular weight excluding hydrogens is 346 g/mol. The summed E-state index contributed by atoms with van der Waals surface area (Å²) in [6.45, 7) is 4.53. The van der Waals surface area contributed by atoms with Crippen molar-refractivity contribution in [1.29, 1.82) is 0 Å². The molecule has 5 nitrogen and oxygen atoms in total. The Bertz CT molecular complexity index is 983. The van der Waals surface area contributed by atoms with Crippen LogP contribution in [0.2, 0.25) is 0 Å². The van der Waals surface area contributed by atoms with E-state index in [2.05, 4.69) is 16.9 Å². The monoisotopic (exact) mass is 365 g/mol. The third-order valence-electron chi connectivity index (χ3n) is 3.80. The number of carbonyl (C=O) groups is 1. The maximum atomic E-state index is 12.7. The number of thioether (sulfide) groups is 1. The Morgan fingerprint density at radius 1 is 1.15 bits per heavy atom. The van der Waals surface area contributed by atoms with Crippen LogP contribution in [0.4, 0.5) is 0 Å². The van der Waals surface area contributed by atoms with Crippen LogP contribution in [0, 0.1) is 0 Å². The van der Waals surface area contributed by atoms with Crippen LogP contribution in [0.25, 0.3) is 10.9 Å². The summed E-state index contributed by atoms with van der Waals surface area (Å²) in [5, 5.41) is 3.96. The Morgan fingerprint density at radius 2 is 1.88 bits per heavy atom. The number of para-hydroxylation sites is 1. The van der Waals surface area contributed by atoms with E-state index in [0.717, 1.165) is 5.56 Å². The standard InChI is InChI=1S/C20H19N3O2S/c1-2-12-23-19(25)16-10-6-7-11-17(16)22-20(23)26-14-18(24)21-13-15-8-4-3-5-9-15/h2-11H,1,12-14H2,(H,21,24). The first kappa shape index (κ1) is 17.9. The van der Waals surface area contributed by atoms with Gasteiger partial charge in [0.15, 0.2) is 5.16 Å². The second kappa shape index (κ2) is 8.49. The van der Waals surface area contributed by atoms with Crippen molar-refractivity contribution in [3.63, 3.8) is 0 Å². The number of aromatic nitrogens is 2. The van der Waals surface area contributed by atoms with Crippen molar-refractivity contribution in [2.45, 2.75) is 18.2 Å². The SMILES string of the molecule is C=CCn1c(SCC(=O)NCc2ccccc2)nc2ccccc2c1=O. The fraction of sp³-hybridized carbons (Fsp3) is 0.150. The summed E-state index contributed by atoms with van der Waals surface area (Å²) in [5.41, 5.74) is 1.55. The van der Waals surface area contributed by atoms with Gasteiger partial charge in [-0.3, -0.25) is 14.2 Å². The van der Waals surface area contributed by atoms with E-state index >= 15 is 0 Å². The zero-order valence-corrected chi connectivity index (χ0v) is 15.0. The summed E-state index contributed by atoms with van der Waals surface area (Å²) in [7, 11) is 0. The van der Waals surface area contributed by atoms with Gasteiger partial charge in [0.2, 0.25) is 5.91 Å². The molecule has 0 saturated carbocycles. The quantitative estimate of drug-likeness (QED) is 0.397. The number of allylic oxidation sites excluding steroid dienone is 1. The number of nitrogens with one attached hydrogen (secondary N) is 1. The second-order valence-electron chi connectivity index (χ2n) is 5.67. The van der Waals surface area contributed by atoms with Gasteiger partial charge in [-0.1, -0.05) is 60.3 Å². The number of hydrogen-bond acceptors (Lipinski definition) is 4. The average Bonchev–Trinajstić information content (AvgIpc) is 2.68. The van der Waals surface area contributed by atoms with Crippen molar-refractivity contribution in [2.75, 3.05) is 5.75 Å². The van der Waals surface area contributed by atoms with Crippen molar-refractivity contribution >= 4 is 28.6 Å². The summed E-state index contributed by atoms with van der Waals surface area (Å²) in [6.07, 6.45) is 1.65. The Labute approximate surface area is 155 Å². The van der Waals surface area contributed by atoms with Crippen LogP contribution in [-0.2, 0) is 17.9 Å². The van der Waals surface area contributed by atoms with Gasteiger partial charge in [0.05, 0.1) is 16.7 Å². The van der Waals surface area contributed by atoms with Gasteiger partial charge in [0.25, 0.3) is 5.56 Å². The molecule has 1 aromatic heterocycles. The lowest BCUT2D eigenvalue weighted by molar-refractivity contribution is -0.118. The molecule has 1 heterocycles. The average molecular weight is 365 g/mol. The zero-order chi connectivity index (χ0) is 18.4. The third kappa shape index (κ3) is 4.21. The molecule has 0 spiro atoms. The molecule has 3 rings (SSSR count). The number of hydrogen-bond donors (Lipinski definition) is 1. The van der Waals surface area contributed by atoms with E-state index in [1.54, 1.807) is 22.8 Å². The lowest BCUT2D eigenvalue weighted by Gasteiger charge is -2.11. The van der Waals surface area contributed by atoms with Crippen LogP contribution in [0.5, 0.6) is 0 Å². The van der Waals surface area contributed by atoms with Crippen LogP contribution in [-0.4, -0.2) is 21.2 Å². The Hall–Kier alpha value is -2.86. The molecule has 0 fully saturated rings. The topological polar surface area (TPSA) is 64.0 Å². The van der Waals surface area contributed by atoms with E-state index in [0.29, 0.717) is 29.1 Å². The summed E-state index contributed by atoms with van der Waals surface area (Å²) >= 11 is 1.25. The van der Waals surface area contributed by atoms with E-state index < -0.39 is 0 Å². The molecule has 0 atom stereocenters. The van der Waals surface area contributed by atoms with E-state index in [1.807, 2.05) is 42.5 Å². The Morgan fingerprint density at radius 3 is 2.65 bits per heavy atom. The fourth-order valence-electron chi connectivity index (χ4n) is 2.53. The predicted octanol–water partition coefficient (Wildman–Crippen LogP) is 2.99. The van der Waals surface area contributed by atoms with Gasteiger partial charge in [-0.05, 0) is 17.7 Å². The Kier molecular flexibility index (Phi) is 5.86. The first-order chi connectivity index (χ1) is 12.7. The van der Waals surface area contributed by atoms with Gasteiger partial charge >= 0.3 is 0 Å². The van der Waals surface area contributed by atoms with E-state index in [4.69, 9.17) is 0 Å². The minimum atomic E-state index is -0.123. The lowest BCUT2D eigenvalue weighted by Crippen LogP contribution is -2.26. The molecule has 132 valence electrons. The molecule has 0 unspecified atom stereocenters. The summed E-state index contributed by atoms with van der Waals surface area (Å²) in [5.74, 6) is 0.0841. The van der Waals surface area contributed by atoms with Gasteiger partial charge in [0, 0.05) is 13.1 Å². The molecular formula is C20H19N3O2S. The van der Waals surface area contributed by atoms with Crippen LogP contribution in [0.3, 0.4) is 0 Å². The van der Waals surface area contributed by atoms with Crippen LogP contribution < -0.4 is 10.9 Å². The summed E-state index contributed by atoms with van der Waals surface area (Å²) in [6, 6.07) is 16.9. The van der Waals surface area contributed by atoms with Crippen LogP contribution in [0.15, 0.2) is 77.2 Å². The first-order valence-corrected chi connectivity index (χ1v) is 9.21. The number of carbonyl (C=O) groups excluding carboxylic acids is 1. The van der Waals surface area contributed by atoms with E-state index in [1.165, 1.54) is 11.8 Å². The van der Waals surface area contributed by atoms with Gasteiger partial charge in [-0.15, -0.1) is 6.58 Å². The van der Waals surface area contributed by atoms with Gasteiger partial charge in [-0.2, -0.15) is 0 Å². The highest BCUT2D eigenvalue weighted by Gasteiger charge is 2.12. The minimum Gasteiger partial charge on any atom is -0.351 e. The van der Waals surface area contributed by atoms with E-state index in [-0.39, 0.29) is 17.2 Å². The highest BCUT2D eigenvalue weighted by molar-refractivity contribution is 7.99. The molecule has 0 aliphatic carbocycles. The maximum absolute atomic E-state index is 12.7. The van der Waals surface area contributed by atoms with Crippen LogP contribution >= 0.6 is 11.8 Å². The molecule has 0 saturated heterocycles. The normalized spacial score (nSPS) is 10.6. The molecule has 3 aromatic rings. The number of benzene rings is 2. The highest BCUT2D eigenvalue weighted by atomic mass is 32.2. The van der Waals surface area contributed by atoms with Gasteiger partial charge in [-0.25, -0.2) is 4.98 Å². The minimum absolute atomic E-state index is 0.105. The zero-order valence-electron chi connectivity index (χ0n) is 14.2. The molecule has 26 heavy (non-hydrogen) atoms. The molecule has 2 aromatic carbocycles. The summed E-state index contributed by atoms with van der Waals surface area (Å²) < 4.78 is 1.55. The number of nitrogens with zero attached hydrogens (tertiary/aromatic N) is 2. The molecule has 0 bridgehead atoms. The largest absolute Gasteiger partial charge is 0.351 e. The van der Waals surface area contributed by atoms with E-state index in [9.17, 15) is 9.59 Å². The molecule has 0 radical (unpaired) electrons. The van der Waals surface area contributed by atoms with Crippen LogP contribution in [0.1, 0.15) is 5.56 Å². The summed E-state index contributed by atoms with van der Waals surface area (Å²) in [4.78, 5) is 29.3. The van der Waals surface area contributed by atoms with Gasteiger partial charge in [0.1, 0.15) is 0 Å². The highest BCUT2D eigenvalue weighted by Crippen LogP contribution is 2.17. The first-order valence-electron chi connectivity index (χ1n) is 8.23. The van der Waals surface area contributed by atoms with Crippen molar-refractivity contribution in [1.82, 2.24) is 14.9 Å². The second-order valence-corrected chi connectivity index (χ2v) is 6.61. The number of rotatable bonds is 7. The Balaban J connectivity index is 1.73. The fourth-order valence-corrected chi connectivity index (χ4v) is 3.36. The molecule has 0 aliphatic rings. The van der Waals surface area contributed by atoms with Crippen molar-refractivity contribution in [3.8, 4) is 0 Å². The van der Waals surface area contributed by atoms with Crippen molar-refractivity contribution in [2.24, 2.45) is 0 Å². The molecule has 6 heteroatoms.